The lowest BCUT2D eigenvalue weighted by Gasteiger charge is -2.38. The number of hydrogen-bond donors (Lipinski definition) is 2. The van der Waals surface area contributed by atoms with Gasteiger partial charge in [-0.25, -0.2) is 4.98 Å². The summed E-state index contributed by atoms with van der Waals surface area (Å²) in [6.07, 6.45) is 6.27. The fourth-order valence-electron chi connectivity index (χ4n) is 3.61. The molecule has 1 aromatic carbocycles. The zero-order chi connectivity index (χ0) is 17.7. The van der Waals surface area contributed by atoms with Crippen molar-refractivity contribution in [2.75, 3.05) is 11.9 Å². The summed E-state index contributed by atoms with van der Waals surface area (Å²) < 4.78 is 0. The van der Waals surface area contributed by atoms with Crippen molar-refractivity contribution in [1.29, 1.82) is 0 Å². The number of hydrogen-bond acceptors (Lipinski definition) is 2. The zero-order valence-corrected chi connectivity index (χ0v) is 16.1. The number of anilines is 1. The molecule has 0 radical (unpaired) electrons. The molecule has 2 aromatic rings. The van der Waals surface area contributed by atoms with E-state index in [1.807, 2.05) is 19.1 Å². The van der Waals surface area contributed by atoms with Crippen LogP contribution >= 0.6 is 23.8 Å². The fourth-order valence-corrected chi connectivity index (χ4v) is 3.89. The van der Waals surface area contributed by atoms with Crippen molar-refractivity contribution in [2.24, 2.45) is 0 Å². The number of pyridine rings is 1. The largest absolute Gasteiger partial charge is 0.362 e. The molecule has 3 rings (SSSR count). The van der Waals surface area contributed by atoms with E-state index in [-0.39, 0.29) is 5.41 Å². The van der Waals surface area contributed by atoms with Crippen LogP contribution in [0.3, 0.4) is 0 Å². The highest BCUT2D eigenvalue weighted by Gasteiger charge is 2.33. The van der Waals surface area contributed by atoms with Crippen LogP contribution in [0.2, 0.25) is 5.02 Å². The minimum Gasteiger partial charge on any atom is -0.362 e. The van der Waals surface area contributed by atoms with Crippen molar-refractivity contribution in [3.8, 4) is 0 Å². The van der Waals surface area contributed by atoms with E-state index in [1.54, 1.807) is 0 Å². The predicted molar refractivity (Wildman–Crippen MR) is 109 cm³/mol. The monoisotopic (exact) mass is 373 g/mol. The molecule has 0 aliphatic heterocycles. The number of nitrogens with zero attached hydrogens (tertiary/aromatic N) is 1. The van der Waals surface area contributed by atoms with Crippen LogP contribution in [-0.4, -0.2) is 16.6 Å². The smallest absolute Gasteiger partial charge is 0.171 e. The molecule has 1 aliphatic rings. The van der Waals surface area contributed by atoms with Crippen molar-refractivity contribution < 1.29 is 0 Å². The second-order valence-corrected chi connectivity index (χ2v) is 7.59. The molecule has 0 saturated heterocycles. The van der Waals surface area contributed by atoms with Gasteiger partial charge in [0.2, 0.25) is 0 Å². The molecule has 5 heteroatoms. The normalized spacial score (nSPS) is 16.2. The number of benzene rings is 1. The Bertz CT molecular complexity index is 727. The Hall–Kier alpha value is -1.65. The van der Waals surface area contributed by atoms with Gasteiger partial charge in [-0.05, 0) is 49.7 Å². The predicted octanol–water partition coefficient (Wildman–Crippen LogP) is 5.23. The van der Waals surface area contributed by atoms with Crippen LogP contribution < -0.4 is 10.6 Å². The topological polar surface area (TPSA) is 37.0 Å². The molecule has 1 saturated carbocycles. The van der Waals surface area contributed by atoms with Crippen LogP contribution in [0.25, 0.3) is 0 Å². The molecule has 1 aromatic heterocycles. The van der Waals surface area contributed by atoms with Crippen molar-refractivity contribution >= 4 is 34.7 Å². The molecule has 1 aliphatic carbocycles. The van der Waals surface area contributed by atoms with Crippen molar-refractivity contribution in [3.63, 3.8) is 0 Å². The number of thiocarbonyl (C=S) groups is 1. The van der Waals surface area contributed by atoms with E-state index in [1.165, 1.54) is 37.7 Å². The molecule has 3 nitrogen and oxygen atoms in total. The van der Waals surface area contributed by atoms with Crippen LogP contribution in [0, 0.1) is 6.92 Å². The Balaban J connectivity index is 1.66. The van der Waals surface area contributed by atoms with Crippen LogP contribution in [0.1, 0.15) is 43.4 Å². The van der Waals surface area contributed by atoms with Crippen LogP contribution in [0.4, 0.5) is 5.82 Å². The van der Waals surface area contributed by atoms with E-state index < -0.39 is 0 Å². The third-order valence-corrected chi connectivity index (χ3v) is 5.69. The van der Waals surface area contributed by atoms with E-state index in [4.69, 9.17) is 23.8 Å². The summed E-state index contributed by atoms with van der Waals surface area (Å²) in [5, 5.41) is 7.86. The van der Waals surface area contributed by atoms with Gasteiger partial charge in [0.1, 0.15) is 5.82 Å². The van der Waals surface area contributed by atoms with Gasteiger partial charge in [-0.3, -0.25) is 0 Å². The van der Waals surface area contributed by atoms with Crippen molar-refractivity contribution in [3.05, 3.63) is 58.7 Å². The quantitative estimate of drug-likeness (QED) is 0.719. The maximum Gasteiger partial charge on any atom is 0.171 e. The summed E-state index contributed by atoms with van der Waals surface area (Å²) in [6.45, 7) is 2.73. The lowest BCUT2D eigenvalue weighted by Crippen LogP contribution is -2.43. The van der Waals surface area contributed by atoms with E-state index in [2.05, 4.69) is 45.9 Å². The summed E-state index contributed by atoms with van der Waals surface area (Å²) in [4.78, 5) is 4.41. The van der Waals surface area contributed by atoms with Crippen LogP contribution in [0.5, 0.6) is 0 Å². The van der Waals surface area contributed by atoms with Crippen LogP contribution in [0.15, 0.2) is 42.5 Å². The highest BCUT2D eigenvalue weighted by Crippen LogP contribution is 2.38. The average molecular weight is 374 g/mol. The highest BCUT2D eigenvalue weighted by atomic mass is 35.5. The lowest BCUT2D eigenvalue weighted by atomic mass is 9.69. The van der Waals surface area contributed by atoms with Gasteiger partial charge in [-0.15, -0.1) is 0 Å². The van der Waals surface area contributed by atoms with Gasteiger partial charge in [0, 0.05) is 12.0 Å². The maximum absolute atomic E-state index is 6.03. The van der Waals surface area contributed by atoms with Crippen molar-refractivity contribution in [2.45, 2.75) is 44.4 Å². The fraction of sp³-hybridized carbons (Fsp3) is 0.400. The first-order valence-electron chi connectivity index (χ1n) is 8.83. The second-order valence-electron chi connectivity index (χ2n) is 6.78. The van der Waals surface area contributed by atoms with E-state index in [0.29, 0.717) is 10.1 Å². The molecule has 0 bridgehead atoms. The van der Waals surface area contributed by atoms with E-state index in [9.17, 15) is 0 Å². The molecule has 0 atom stereocenters. The molecule has 1 heterocycles. The molecule has 0 spiro atoms. The standard InChI is InChI=1S/C20H24ClN3S/c1-15-17(21)10-11-18(23-15)24-19(25)22-14-20(12-6-3-7-13-20)16-8-4-2-5-9-16/h2,4-5,8-11H,3,6-7,12-14H2,1H3,(H2,22,23,24,25). The molecule has 25 heavy (non-hydrogen) atoms. The summed E-state index contributed by atoms with van der Waals surface area (Å²) in [5.74, 6) is 0.719. The first kappa shape index (κ1) is 18.2. The van der Waals surface area contributed by atoms with Crippen molar-refractivity contribution in [1.82, 2.24) is 10.3 Å². The molecular formula is C20H24ClN3S. The summed E-state index contributed by atoms with van der Waals surface area (Å²) in [7, 11) is 0. The first-order chi connectivity index (χ1) is 12.1. The molecule has 0 amide bonds. The SMILES string of the molecule is Cc1nc(NC(=S)NCC2(c3ccccc3)CCCCC2)ccc1Cl. The van der Waals surface area contributed by atoms with E-state index >= 15 is 0 Å². The Kier molecular flexibility index (Phi) is 5.92. The van der Waals surface area contributed by atoms with Gasteiger partial charge in [0.15, 0.2) is 5.11 Å². The molecule has 132 valence electrons. The summed E-state index contributed by atoms with van der Waals surface area (Å²) in [5.41, 5.74) is 2.36. The number of aryl methyl sites for hydroxylation is 1. The minimum atomic E-state index is 0.161. The van der Waals surface area contributed by atoms with Crippen LogP contribution in [-0.2, 0) is 5.41 Å². The number of nitrogens with one attached hydrogen (secondary N) is 2. The Labute approximate surface area is 160 Å². The maximum atomic E-state index is 6.03. The average Bonchev–Trinajstić information content (AvgIpc) is 2.65. The third-order valence-electron chi connectivity index (χ3n) is 5.05. The summed E-state index contributed by atoms with van der Waals surface area (Å²) >= 11 is 11.5. The third kappa shape index (κ3) is 4.50. The Morgan fingerprint density at radius 1 is 1.12 bits per heavy atom. The Morgan fingerprint density at radius 2 is 1.84 bits per heavy atom. The van der Waals surface area contributed by atoms with Gasteiger partial charge in [-0.2, -0.15) is 0 Å². The highest BCUT2D eigenvalue weighted by molar-refractivity contribution is 7.80. The second kappa shape index (κ2) is 8.15. The first-order valence-corrected chi connectivity index (χ1v) is 9.61. The summed E-state index contributed by atoms with van der Waals surface area (Å²) in [6, 6.07) is 14.5. The Morgan fingerprint density at radius 3 is 2.52 bits per heavy atom. The van der Waals surface area contributed by atoms with E-state index in [0.717, 1.165) is 18.1 Å². The molecule has 0 unspecified atom stereocenters. The molecular weight excluding hydrogens is 350 g/mol. The van der Waals surface area contributed by atoms with Gasteiger partial charge in [-0.1, -0.05) is 61.2 Å². The number of halogens is 1. The van der Waals surface area contributed by atoms with Gasteiger partial charge in [0.25, 0.3) is 0 Å². The van der Waals surface area contributed by atoms with Gasteiger partial charge < -0.3 is 10.6 Å². The van der Waals surface area contributed by atoms with Gasteiger partial charge >= 0.3 is 0 Å². The minimum absolute atomic E-state index is 0.161. The zero-order valence-electron chi connectivity index (χ0n) is 14.5. The lowest BCUT2D eigenvalue weighted by molar-refractivity contribution is 0.292. The van der Waals surface area contributed by atoms with Gasteiger partial charge in [0.05, 0.1) is 10.7 Å². The molecule has 2 N–H and O–H groups in total. The molecule has 1 fully saturated rings. The number of aromatic nitrogens is 1. The number of rotatable bonds is 4.